The standard InChI is InChI=1S/C14H16O6S/c1-10-4-6-13(7-5-10)21(17,18)20-12(8-11(2)15)9-14(16)19-3/h4-7,9H,8H2,1-3H3/b12-9+. The lowest BCUT2D eigenvalue weighted by atomic mass is 10.2. The first-order valence-electron chi connectivity index (χ1n) is 6.03. The third-order valence-electron chi connectivity index (χ3n) is 2.43. The predicted octanol–water partition coefficient (Wildman–Crippen LogP) is 1.74. The molecule has 6 nitrogen and oxygen atoms in total. The van der Waals surface area contributed by atoms with E-state index in [2.05, 4.69) is 4.74 Å². The molecule has 0 bridgehead atoms. The maximum atomic E-state index is 12.1. The van der Waals surface area contributed by atoms with Crippen LogP contribution in [0.5, 0.6) is 0 Å². The van der Waals surface area contributed by atoms with Crippen LogP contribution in [-0.4, -0.2) is 27.3 Å². The van der Waals surface area contributed by atoms with Gasteiger partial charge >= 0.3 is 16.1 Å². The lowest BCUT2D eigenvalue weighted by molar-refractivity contribution is -0.135. The van der Waals surface area contributed by atoms with E-state index in [1.54, 1.807) is 12.1 Å². The Labute approximate surface area is 123 Å². The first kappa shape index (κ1) is 16.9. The second kappa shape index (κ2) is 7.03. The second-order valence-electron chi connectivity index (χ2n) is 4.36. The molecule has 0 aliphatic carbocycles. The summed E-state index contributed by atoms with van der Waals surface area (Å²) >= 11 is 0. The van der Waals surface area contributed by atoms with Crippen LogP contribution in [0.2, 0.25) is 0 Å². The lowest BCUT2D eigenvalue weighted by Crippen LogP contribution is -2.10. The number of esters is 1. The molecule has 0 aromatic heterocycles. The number of carbonyl (C=O) groups excluding carboxylic acids is 2. The summed E-state index contributed by atoms with van der Waals surface area (Å²) in [6.45, 7) is 3.07. The van der Waals surface area contributed by atoms with Gasteiger partial charge in [0.05, 0.1) is 19.6 Å². The van der Waals surface area contributed by atoms with Gasteiger partial charge in [-0.05, 0) is 26.0 Å². The topological polar surface area (TPSA) is 86.7 Å². The SMILES string of the molecule is COC(=O)/C=C(\CC(C)=O)OS(=O)(=O)c1ccc(C)cc1. The predicted molar refractivity (Wildman–Crippen MR) is 74.8 cm³/mol. The van der Waals surface area contributed by atoms with Gasteiger partial charge in [0.1, 0.15) is 16.4 Å². The molecule has 0 saturated heterocycles. The highest BCUT2D eigenvalue weighted by atomic mass is 32.2. The zero-order chi connectivity index (χ0) is 16.0. The fourth-order valence-corrected chi connectivity index (χ4v) is 2.39. The van der Waals surface area contributed by atoms with E-state index >= 15 is 0 Å². The summed E-state index contributed by atoms with van der Waals surface area (Å²) in [6, 6.07) is 6.00. The quantitative estimate of drug-likeness (QED) is 0.344. The van der Waals surface area contributed by atoms with Gasteiger partial charge in [-0.25, -0.2) is 4.79 Å². The number of ketones is 1. The van der Waals surface area contributed by atoms with Crippen LogP contribution in [0, 0.1) is 6.92 Å². The van der Waals surface area contributed by atoms with Crippen LogP contribution in [0.1, 0.15) is 18.9 Å². The molecule has 1 aromatic carbocycles. The molecular weight excluding hydrogens is 296 g/mol. The van der Waals surface area contributed by atoms with E-state index in [0.717, 1.165) is 18.7 Å². The number of methoxy groups -OCH3 is 1. The fourth-order valence-electron chi connectivity index (χ4n) is 1.43. The first-order valence-corrected chi connectivity index (χ1v) is 7.44. The van der Waals surface area contributed by atoms with Crippen LogP contribution in [0.4, 0.5) is 0 Å². The average Bonchev–Trinajstić information content (AvgIpc) is 2.37. The molecule has 0 unspecified atom stereocenters. The number of ether oxygens (including phenoxy) is 1. The zero-order valence-corrected chi connectivity index (χ0v) is 12.8. The number of hydrogen-bond donors (Lipinski definition) is 0. The van der Waals surface area contributed by atoms with Crippen LogP contribution in [-0.2, 0) is 28.6 Å². The van der Waals surface area contributed by atoms with E-state index in [9.17, 15) is 18.0 Å². The third-order valence-corrected chi connectivity index (χ3v) is 3.71. The van der Waals surface area contributed by atoms with Crippen molar-refractivity contribution >= 4 is 21.9 Å². The monoisotopic (exact) mass is 312 g/mol. The zero-order valence-electron chi connectivity index (χ0n) is 12.0. The van der Waals surface area contributed by atoms with Crippen molar-refractivity contribution in [2.24, 2.45) is 0 Å². The Hall–Kier alpha value is -2.15. The van der Waals surface area contributed by atoms with Gasteiger partial charge in [-0.3, -0.25) is 4.79 Å². The Morgan fingerprint density at radius 1 is 1.19 bits per heavy atom. The highest BCUT2D eigenvalue weighted by Crippen LogP contribution is 2.18. The van der Waals surface area contributed by atoms with E-state index in [1.807, 2.05) is 6.92 Å². The molecule has 0 fully saturated rings. The number of benzene rings is 1. The molecule has 0 spiro atoms. The molecule has 0 atom stereocenters. The van der Waals surface area contributed by atoms with Gasteiger partial charge in [0, 0.05) is 0 Å². The molecule has 114 valence electrons. The van der Waals surface area contributed by atoms with E-state index in [-0.39, 0.29) is 22.9 Å². The molecule has 21 heavy (non-hydrogen) atoms. The molecule has 1 aromatic rings. The van der Waals surface area contributed by atoms with Crippen molar-refractivity contribution in [1.29, 1.82) is 0 Å². The van der Waals surface area contributed by atoms with E-state index < -0.39 is 16.1 Å². The summed E-state index contributed by atoms with van der Waals surface area (Å²) < 4.78 is 33.4. The number of rotatable bonds is 6. The number of carbonyl (C=O) groups is 2. The minimum atomic E-state index is -4.10. The van der Waals surface area contributed by atoms with E-state index in [4.69, 9.17) is 4.18 Å². The Bertz CT molecular complexity index is 655. The number of allylic oxidation sites excluding steroid dienone is 1. The van der Waals surface area contributed by atoms with Crippen molar-refractivity contribution in [2.75, 3.05) is 7.11 Å². The summed E-state index contributed by atoms with van der Waals surface area (Å²) in [6.07, 6.45) is 0.521. The Kier molecular flexibility index (Phi) is 5.66. The fraction of sp³-hybridized carbons (Fsp3) is 0.286. The molecule has 0 N–H and O–H groups in total. The summed E-state index contributed by atoms with van der Waals surface area (Å²) in [5.74, 6) is -1.43. The van der Waals surface area contributed by atoms with Crippen LogP contribution in [0.3, 0.4) is 0 Å². The summed E-state index contributed by atoms with van der Waals surface area (Å²) in [5, 5.41) is 0. The van der Waals surface area contributed by atoms with Crippen LogP contribution in [0.25, 0.3) is 0 Å². The van der Waals surface area contributed by atoms with Crippen molar-refractivity contribution in [3.63, 3.8) is 0 Å². The van der Waals surface area contributed by atoms with Gasteiger partial charge < -0.3 is 8.92 Å². The molecule has 7 heteroatoms. The van der Waals surface area contributed by atoms with Crippen molar-refractivity contribution < 1.29 is 26.9 Å². The smallest absolute Gasteiger partial charge is 0.338 e. The van der Waals surface area contributed by atoms with Crippen molar-refractivity contribution in [3.8, 4) is 0 Å². The minimum absolute atomic E-state index is 0.0626. The number of hydrogen-bond acceptors (Lipinski definition) is 6. The summed E-state index contributed by atoms with van der Waals surface area (Å²) in [5.41, 5.74) is 0.892. The largest absolute Gasteiger partial charge is 0.466 e. The Morgan fingerprint density at radius 2 is 1.76 bits per heavy atom. The van der Waals surface area contributed by atoms with Gasteiger partial charge in [-0.2, -0.15) is 8.42 Å². The highest BCUT2D eigenvalue weighted by molar-refractivity contribution is 7.86. The molecule has 0 amide bonds. The van der Waals surface area contributed by atoms with Gasteiger partial charge in [-0.15, -0.1) is 0 Å². The summed E-state index contributed by atoms with van der Waals surface area (Å²) in [7, 11) is -2.97. The molecule has 0 heterocycles. The van der Waals surface area contributed by atoms with Crippen LogP contribution in [0.15, 0.2) is 41.0 Å². The van der Waals surface area contributed by atoms with Gasteiger partial charge in [0.15, 0.2) is 0 Å². The average molecular weight is 312 g/mol. The number of aryl methyl sites for hydroxylation is 1. The number of Topliss-reactive ketones (excluding diaryl/α,β-unsaturated/α-hetero) is 1. The summed E-state index contributed by atoms with van der Waals surface area (Å²) in [4.78, 5) is 22.2. The molecule has 0 aliphatic rings. The Balaban J connectivity index is 3.06. The maximum Gasteiger partial charge on any atom is 0.338 e. The molecular formula is C14H16O6S. The van der Waals surface area contributed by atoms with E-state index in [0.29, 0.717) is 0 Å². The lowest BCUT2D eigenvalue weighted by Gasteiger charge is -2.09. The second-order valence-corrected chi connectivity index (χ2v) is 5.91. The van der Waals surface area contributed by atoms with Crippen molar-refractivity contribution in [1.82, 2.24) is 0 Å². The first-order chi connectivity index (χ1) is 9.74. The molecule has 1 rings (SSSR count). The molecule has 0 aliphatic heterocycles. The van der Waals surface area contributed by atoms with Gasteiger partial charge in [0.2, 0.25) is 0 Å². The van der Waals surface area contributed by atoms with Crippen molar-refractivity contribution in [2.45, 2.75) is 25.2 Å². The highest BCUT2D eigenvalue weighted by Gasteiger charge is 2.19. The third kappa shape index (κ3) is 5.39. The normalized spacial score (nSPS) is 11.9. The maximum absolute atomic E-state index is 12.1. The van der Waals surface area contributed by atoms with Gasteiger partial charge in [0.25, 0.3) is 0 Å². The van der Waals surface area contributed by atoms with E-state index in [1.165, 1.54) is 19.1 Å². The molecule has 0 saturated carbocycles. The van der Waals surface area contributed by atoms with Crippen LogP contribution >= 0.6 is 0 Å². The molecule has 0 radical (unpaired) electrons. The minimum Gasteiger partial charge on any atom is -0.466 e. The van der Waals surface area contributed by atoms with Crippen molar-refractivity contribution in [3.05, 3.63) is 41.7 Å². The Morgan fingerprint density at radius 3 is 2.24 bits per heavy atom. The van der Waals surface area contributed by atoms with Crippen LogP contribution < -0.4 is 0 Å². The van der Waals surface area contributed by atoms with Gasteiger partial charge in [-0.1, -0.05) is 17.7 Å².